The number of anilines is 1. The van der Waals surface area contributed by atoms with Gasteiger partial charge in [0.05, 0.1) is 5.88 Å². The summed E-state index contributed by atoms with van der Waals surface area (Å²) in [6, 6.07) is 7.47. The van der Waals surface area contributed by atoms with E-state index in [-0.39, 0.29) is 17.9 Å². The molecule has 1 fully saturated rings. The Hall–Kier alpha value is -1.49. The molecule has 0 aromatic heterocycles. The molecule has 4 nitrogen and oxygen atoms in total. The van der Waals surface area contributed by atoms with Gasteiger partial charge in [-0.25, -0.2) is 0 Å². The van der Waals surface area contributed by atoms with Crippen molar-refractivity contribution in [2.75, 3.05) is 23.6 Å². The highest BCUT2D eigenvalue weighted by Crippen LogP contribution is 2.29. The lowest BCUT2D eigenvalue weighted by molar-refractivity contribution is -0.143. The predicted octanol–water partition coefficient (Wildman–Crippen LogP) is 2.91. The smallest absolute Gasteiger partial charge is 0.250 e. The lowest BCUT2D eigenvalue weighted by atomic mass is 9.94. The van der Waals surface area contributed by atoms with Crippen LogP contribution < -0.4 is 4.90 Å². The third kappa shape index (κ3) is 3.46. The summed E-state index contributed by atoms with van der Waals surface area (Å²) in [6.07, 6.45) is 0. The van der Waals surface area contributed by atoms with E-state index in [1.807, 2.05) is 52.0 Å². The molecule has 2 rings (SSSR count). The summed E-state index contributed by atoms with van der Waals surface area (Å²) in [5, 5.41) is 0. The van der Waals surface area contributed by atoms with E-state index in [2.05, 4.69) is 0 Å². The molecule has 1 aliphatic heterocycles. The molecule has 0 saturated carbocycles. The highest BCUT2D eigenvalue weighted by molar-refractivity contribution is 7.99. The minimum Gasteiger partial charge on any atom is -0.320 e. The van der Waals surface area contributed by atoms with Crippen molar-refractivity contribution in [2.45, 2.75) is 33.7 Å². The van der Waals surface area contributed by atoms with Gasteiger partial charge in [-0.1, -0.05) is 32.9 Å². The first-order valence-corrected chi connectivity index (χ1v) is 8.60. The average molecular weight is 320 g/mol. The molecule has 0 N–H and O–H groups in total. The topological polar surface area (TPSA) is 40.6 Å². The van der Waals surface area contributed by atoms with Gasteiger partial charge in [-0.2, -0.15) is 0 Å². The molecule has 0 bridgehead atoms. The SMILES string of the molecule is Cc1cccc(N(C)C(=O)C2CSCN2C(=O)C(C)(C)C)c1. The molecule has 2 amide bonds. The molecule has 0 radical (unpaired) electrons. The Morgan fingerprint density at radius 2 is 2.00 bits per heavy atom. The van der Waals surface area contributed by atoms with E-state index >= 15 is 0 Å². The van der Waals surface area contributed by atoms with Crippen LogP contribution in [-0.2, 0) is 9.59 Å². The Bertz CT molecular complexity index is 580. The summed E-state index contributed by atoms with van der Waals surface area (Å²) in [5.74, 6) is 1.27. The zero-order chi connectivity index (χ0) is 16.5. The van der Waals surface area contributed by atoms with E-state index in [9.17, 15) is 9.59 Å². The Balaban J connectivity index is 2.19. The second kappa shape index (κ2) is 6.32. The average Bonchev–Trinajstić information content (AvgIpc) is 2.93. The Morgan fingerprint density at radius 1 is 1.32 bits per heavy atom. The highest BCUT2D eigenvalue weighted by Gasteiger charge is 2.40. The lowest BCUT2D eigenvalue weighted by Gasteiger charge is -2.31. The van der Waals surface area contributed by atoms with E-state index in [0.29, 0.717) is 11.6 Å². The molecular weight excluding hydrogens is 296 g/mol. The van der Waals surface area contributed by atoms with Crippen LogP contribution in [0.1, 0.15) is 26.3 Å². The van der Waals surface area contributed by atoms with Gasteiger partial charge >= 0.3 is 0 Å². The van der Waals surface area contributed by atoms with Crippen LogP contribution in [0.5, 0.6) is 0 Å². The van der Waals surface area contributed by atoms with Gasteiger partial charge in [-0.15, -0.1) is 11.8 Å². The standard InChI is InChI=1S/C17H24N2O2S/c1-12-7-6-8-13(9-12)18(5)15(20)14-10-22-11-19(14)16(21)17(2,3)4/h6-9,14H,10-11H2,1-5H3. The lowest BCUT2D eigenvalue weighted by Crippen LogP contribution is -2.50. The molecule has 5 heteroatoms. The van der Waals surface area contributed by atoms with E-state index in [1.165, 1.54) is 0 Å². The summed E-state index contributed by atoms with van der Waals surface area (Å²) < 4.78 is 0. The van der Waals surface area contributed by atoms with E-state index in [0.717, 1.165) is 11.3 Å². The van der Waals surface area contributed by atoms with Crippen LogP contribution >= 0.6 is 11.8 Å². The van der Waals surface area contributed by atoms with Crippen molar-refractivity contribution in [3.63, 3.8) is 0 Å². The van der Waals surface area contributed by atoms with E-state index in [1.54, 1.807) is 28.6 Å². The molecule has 1 atom stereocenters. The zero-order valence-electron chi connectivity index (χ0n) is 13.9. The Labute approximate surface area is 136 Å². The summed E-state index contributed by atoms with van der Waals surface area (Å²) in [6.45, 7) is 7.68. The number of carbonyl (C=O) groups is 2. The number of benzene rings is 1. The second-order valence-electron chi connectivity index (χ2n) is 6.78. The fourth-order valence-electron chi connectivity index (χ4n) is 2.47. The van der Waals surface area contributed by atoms with Crippen molar-refractivity contribution in [3.05, 3.63) is 29.8 Å². The van der Waals surface area contributed by atoms with Gasteiger partial charge in [-0.3, -0.25) is 9.59 Å². The number of likely N-dealkylation sites (N-methyl/N-ethyl adjacent to an activating group) is 1. The molecule has 1 aromatic rings. The van der Waals surface area contributed by atoms with Crippen molar-refractivity contribution >= 4 is 29.3 Å². The van der Waals surface area contributed by atoms with Crippen LogP contribution in [0.4, 0.5) is 5.69 Å². The molecule has 1 heterocycles. The molecule has 0 spiro atoms. The van der Waals surface area contributed by atoms with Gasteiger partial charge in [0.15, 0.2) is 0 Å². The van der Waals surface area contributed by atoms with Crippen LogP contribution in [-0.4, -0.2) is 41.4 Å². The number of carbonyl (C=O) groups excluding carboxylic acids is 2. The number of hydrogen-bond acceptors (Lipinski definition) is 3. The molecule has 1 aliphatic rings. The van der Waals surface area contributed by atoms with Crippen LogP contribution in [0.2, 0.25) is 0 Å². The maximum absolute atomic E-state index is 12.8. The van der Waals surface area contributed by atoms with Crippen molar-refractivity contribution in [1.82, 2.24) is 4.90 Å². The van der Waals surface area contributed by atoms with Crippen LogP contribution in [0.15, 0.2) is 24.3 Å². The minimum absolute atomic E-state index is 0.0202. The number of aryl methyl sites for hydroxylation is 1. The van der Waals surface area contributed by atoms with Gasteiger partial charge in [0, 0.05) is 23.9 Å². The molecule has 1 aromatic carbocycles. The Kier molecular flexibility index (Phi) is 4.85. The third-order valence-electron chi connectivity index (χ3n) is 3.79. The molecule has 22 heavy (non-hydrogen) atoms. The van der Waals surface area contributed by atoms with E-state index in [4.69, 9.17) is 0 Å². The Morgan fingerprint density at radius 3 is 2.59 bits per heavy atom. The van der Waals surface area contributed by atoms with Crippen LogP contribution in [0.25, 0.3) is 0 Å². The van der Waals surface area contributed by atoms with Crippen molar-refractivity contribution in [2.24, 2.45) is 5.41 Å². The first-order chi connectivity index (χ1) is 10.2. The summed E-state index contributed by atoms with van der Waals surface area (Å²) in [4.78, 5) is 28.7. The maximum Gasteiger partial charge on any atom is 0.250 e. The molecule has 1 unspecified atom stereocenters. The van der Waals surface area contributed by atoms with Gasteiger partial charge in [0.2, 0.25) is 11.8 Å². The second-order valence-corrected chi connectivity index (χ2v) is 7.78. The summed E-state index contributed by atoms with van der Waals surface area (Å²) in [7, 11) is 1.78. The van der Waals surface area contributed by atoms with Crippen molar-refractivity contribution in [1.29, 1.82) is 0 Å². The maximum atomic E-state index is 12.8. The normalized spacial score (nSPS) is 18.4. The van der Waals surface area contributed by atoms with Gasteiger partial charge in [-0.05, 0) is 24.6 Å². The number of rotatable bonds is 2. The number of thioether (sulfide) groups is 1. The van der Waals surface area contributed by atoms with Crippen molar-refractivity contribution < 1.29 is 9.59 Å². The van der Waals surface area contributed by atoms with Crippen molar-refractivity contribution in [3.8, 4) is 0 Å². The predicted molar refractivity (Wildman–Crippen MR) is 92.0 cm³/mol. The molecular formula is C17H24N2O2S. The quantitative estimate of drug-likeness (QED) is 0.841. The van der Waals surface area contributed by atoms with Crippen LogP contribution in [0, 0.1) is 12.3 Å². The largest absolute Gasteiger partial charge is 0.320 e. The minimum atomic E-state index is -0.467. The fraction of sp³-hybridized carbons (Fsp3) is 0.529. The highest BCUT2D eigenvalue weighted by atomic mass is 32.2. The van der Waals surface area contributed by atoms with Crippen LogP contribution in [0.3, 0.4) is 0 Å². The number of nitrogens with zero attached hydrogens (tertiary/aromatic N) is 2. The number of hydrogen-bond donors (Lipinski definition) is 0. The first-order valence-electron chi connectivity index (χ1n) is 7.45. The molecule has 1 saturated heterocycles. The molecule has 0 aliphatic carbocycles. The zero-order valence-corrected chi connectivity index (χ0v) is 14.7. The van der Waals surface area contributed by atoms with Gasteiger partial charge in [0.1, 0.15) is 6.04 Å². The molecule has 120 valence electrons. The summed E-state index contributed by atoms with van der Waals surface area (Å²) >= 11 is 1.64. The third-order valence-corrected chi connectivity index (χ3v) is 4.80. The monoisotopic (exact) mass is 320 g/mol. The first kappa shape index (κ1) is 16.9. The summed E-state index contributed by atoms with van der Waals surface area (Å²) in [5.41, 5.74) is 1.51. The van der Waals surface area contributed by atoms with E-state index < -0.39 is 5.41 Å². The van der Waals surface area contributed by atoms with Gasteiger partial charge < -0.3 is 9.80 Å². The fourth-order valence-corrected chi connectivity index (χ4v) is 3.61. The number of amides is 2. The van der Waals surface area contributed by atoms with Gasteiger partial charge in [0.25, 0.3) is 0 Å².